The van der Waals surface area contributed by atoms with Gasteiger partial charge < -0.3 is 14.6 Å². The summed E-state index contributed by atoms with van der Waals surface area (Å²) in [5.74, 6) is -1.47. The molecular weight excluding hydrogens is 299 g/mol. The number of carbonyl (C=O) groups is 1. The van der Waals surface area contributed by atoms with Crippen LogP contribution in [-0.2, 0) is 6.61 Å². The molecule has 0 radical (unpaired) electrons. The molecule has 0 unspecified atom stereocenters. The highest BCUT2D eigenvalue weighted by Crippen LogP contribution is 2.26. The van der Waals surface area contributed by atoms with E-state index in [2.05, 4.69) is 0 Å². The van der Waals surface area contributed by atoms with E-state index in [4.69, 9.17) is 26.2 Å². The van der Waals surface area contributed by atoms with E-state index in [1.165, 1.54) is 31.4 Å². The Morgan fingerprint density at radius 1 is 1.29 bits per heavy atom. The molecule has 21 heavy (non-hydrogen) atoms. The first-order chi connectivity index (χ1) is 10.0. The highest BCUT2D eigenvalue weighted by Gasteiger charge is 2.12. The Kier molecular flexibility index (Phi) is 4.65. The fraction of sp³-hybridized carbons (Fsp3) is 0.133. The number of methoxy groups -OCH3 is 1. The van der Waals surface area contributed by atoms with Crippen molar-refractivity contribution in [1.82, 2.24) is 0 Å². The number of halogens is 2. The molecule has 1 N–H and O–H groups in total. The predicted molar refractivity (Wildman–Crippen MR) is 75.7 cm³/mol. The van der Waals surface area contributed by atoms with Gasteiger partial charge in [-0.05, 0) is 29.8 Å². The van der Waals surface area contributed by atoms with Gasteiger partial charge in [0.1, 0.15) is 17.9 Å². The van der Waals surface area contributed by atoms with Gasteiger partial charge in [-0.1, -0.05) is 23.7 Å². The zero-order valence-corrected chi connectivity index (χ0v) is 11.9. The molecule has 0 fully saturated rings. The zero-order valence-electron chi connectivity index (χ0n) is 11.1. The monoisotopic (exact) mass is 310 g/mol. The molecule has 0 heterocycles. The average molecular weight is 311 g/mol. The van der Waals surface area contributed by atoms with Gasteiger partial charge in [-0.15, -0.1) is 0 Å². The Labute approximate surface area is 125 Å². The second kappa shape index (κ2) is 6.45. The molecule has 0 amide bonds. The maximum absolute atomic E-state index is 13.7. The Morgan fingerprint density at radius 2 is 2.05 bits per heavy atom. The first-order valence-corrected chi connectivity index (χ1v) is 6.37. The van der Waals surface area contributed by atoms with Crippen LogP contribution < -0.4 is 9.47 Å². The highest BCUT2D eigenvalue weighted by molar-refractivity contribution is 6.30. The fourth-order valence-corrected chi connectivity index (χ4v) is 1.92. The van der Waals surface area contributed by atoms with E-state index in [9.17, 15) is 9.18 Å². The van der Waals surface area contributed by atoms with Gasteiger partial charge >= 0.3 is 5.97 Å². The number of hydrogen-bond donors (Lipinski definition) is 1. The molecule has 4 nitrogen and oxygen atoms in total. The van der Waals surface area contributed by atoms with E-state index in [0.29, 0.717) is 5.56 Å². The molecule has 0 bridgehead atoms. The van der Waals surface area contributed by atoms with Crippen LogP contribution >= 0.6 is 11.6 Å². The lowest BCUT2D eigenvalue weighted by atomic mass is 10.1. The Morgan fingerprint density at radius 3 is 2.71 bits per heavy atom. The van der Waals surface area contributed by atoms with E-state index in [1.54, 1.807) is 12.1 Å². The van der Waals surface area contributed by atoms with E-state index < -0.39 is 11.8 Å². The maximum atomic E-state index is 13.7. The van der Waals surface area contributed by atoms with Crippen molar-refractivity contribution < 1.29 is 23.8 Å². The van der Waals surface area contributed by atoms with Crippen LogP contribution in [0.1, 0.15) is 15.9 Å². The van der Waals surface area contributed by atoms with Crippen molar-refractivity contribution in [2.45, 2.75) is 6.61 Å². The van der Waals surface area contributed by atoms with Crippen molar-refractivity contribution in [2.75, 3.05) is 7.11 Å². The molecule has 0 aliphatic heterocycles. The average Bonchev–Trinajstić information content (AvgIpc) is 2.48. The molecule has 2 aromatic carbocycles. The SMILES string of the molecule is COc1cc(COc2cccc(Cl)c2F)ccc1C(=O)O. The minimum Gasteiger partial charge on any atom is -0.496 e. The molecule has 110 valence electrons. The van der Waals surface area contributed by atoms with Crippen molar-refractivity contribution in [3.8, 4) is 11.5 Å². The molecule has 2 aromatic rings. The van der Waals surface area contributed by atoms with E-state index >= 15 is 0 Å². The molecule has 0 aromatic heterocycles. The molecule has 2 rings (SSSR count). The van der Waals surface area contributed by atoms with E-state index in [-0.39, 0.29) is 28.7 Å². The van der Waals surface area contributed by atoms with Crippen LogP contribution in [0.2, 0.25) is 5.02 Å². The first-order valence-electron chi connectivity index (χ1n) is 6.00. The summed E-state index contributed by atoms with van der Waals surface area (Å²) in [5, 5.41) is 8.97. The van der Waals surface area contributed by atoms with Crippen LogP contribution in [0.4, 0.5) is 4.39 Å². The topological polar surface area (TPSA) is 55.8 Å². The second-order valence-electron chi connectivity index (χ2n) is 4.18. The largest absolute Gasteiger partial charge is 0.496 e. The molecular formula is C15H12ClFO4. The summed E-state index contributed by atoms with van der Waals surface area (Å²) in [7, 11) is 1.38. The lowest BCUT2D eigenvalue weighted by Gasteiger charge is -2.10. The van der Waals surface area contributed by atoms with E-state index in [1.807, 2.05) is 0 Å². The quantitative estimate of drug-likeness (QED) is 0.913. The molecule has 0 saturated heterocycles. The third kappa shape index (κ3) is 3.44. The summed E-state index contributed by atoms with van der Waals surface area (Å²) < 4.78 is 24.0. The van der Waals surface area contributed by atoms with Crippen LogP contribution in [0.25, 0.3) is 0 Å². The van der Waals surface area contributed by atoms with Gasteiger partial charge in [-0.25, -0.2) is 9.18 Å². The summed E-state index contributed by atoms with van der Waals surface area (Å²) in [4.78, 5) is 11.0. The first kappa shape index (κ1) is 15.1. The fourth-order valence-electron chi connectivity index (χ4n) is 1.76. The van der Waals surface area contributed by atoms with Crippen molar-refractivity contribution in [2.24, 2.45) is 0 Å². The van der Waals surface area contributed by atoms with E-state index in [0.717, 1.165) is 0 Å². The van der Waals surface area contributed by atoms with Gasteiger partial charge in [0.25, 0.3) is 0 Å². The van der Waals surface area contributed by atoms with Gasteiger partial charge in [0, 0.05) is 0 Å². The minimum atomic E-state index is -1.08. The molecule has 0 atom stereocenters. The normalized spacial score (nSPS) is 10.2. The minimum absolute atomic E-state index is 0.0219. The number of carboxylic acid groups (broad SMARTS) is 1. The predicted octanol–water partition coefficient (Wildman–Crippen LogP) is 3.76. The summed E-state index contributed by atoms with van der Waals surface area (Å²) in [5.41, 5.74) is 0.700. The molecule has 0 aliphatic carbocycles. The smallest absolute Gasteiger partial charge is 0.339 e. The molecule has 0 aliphatic rings. The van der Waals surface area contributed by atoms with Crippen molar-refractivity contribution in [3.63, 3.8) is 0 Å². The molecule has 6 heteroatoms. The second-order valence-corrected chi connectivity index (χ2v) is 4.59. The summed E-state index contributed by atoms with van der Waals surface area (Å²) in [6.45, 7) is 0.0630. The third-order valence-corrected chi connectivity index (χ3v) is 3.10. The zero-order chi connectivity index (χ0) is 15.4. The lowest BCUT2D eigenvalue weighted by molar-refractivity contribution is 0.0693. The Bertz CT molecular complexity index is 673. The number of hydrogen-bond acceptors (Lipinski definition) is 3. The van der Waals surface area contributed by atoms with Gasteiger partial charge in [0.05, 0.1) is 12.1 Å². The highest BCUT2D eigenvalue weighted by atomic mass is 35.5. The number of rotatable bonds is 5. The number of ether oxygens (including phenoxy) is 2. The van der Waals surface area contributed by atoms with Crippen molar-refractivity contribution >= 4 is 17.6 Å². The molecule has 0 spiro atoms. The van der Waals surface area contributed by atoms with Crippen LogP contribution in [0, 0.1) is 5.82 Å². The number of carboxylic acids is 1. The summed E-state index contributed by atoms with van der Waals surface area (Å²) in [6.07, 6.45) is 0. The number of aromatic carboxylic acids is 1. The summed E-state index contributed by atoms with van der Waals surface area (Å²) in [6, 6.07) is 8.99. The van der Waals surface area contributed by atoms with Crippen LogP contribution in [0.3, 0.4) is 0 Å². The van der Waals surface area contributed by atoms with Gasteiger partial charge in [-0.3, -0.25) is 0 Å². The lowest BCUT2D eigenvalue weighted by Crippen LogP contribution is -2.03. The van der Waals surface area contributed by atoms with Gasteiger partial charge in [0.2, 0.25) is 0 Å². The van der Waals surface area contributed by atoms with Crippen LogP contribution in [0.15, 0.2) is 36.4 Å². The Hall–Kier alpha value is -2.27. The van der Waals surface area contributed by atoms with Crippen LogP contribution in [-0.4, -0.2) is 18.2 Å². The Balaban J connectivity index is 2.17. The summed E-state index contributed by atoms with van der Waals surface area (Å²) >= 11 is 5.66. The van der Waals surface area contributed by atoms with Gasteiger partial charge in [-0.2, -0.15) is 0 Å². The third-order valence-electron chi connectivity index (χ3n) is 2.81. The van der Waals surface area contributed by atoms with Crippen LogP contribution in [0.5, 0.6) is 11.5 Å². The number of benzene rings is 2. The van der Waals surface area contributed by atoms with Crippen molar-refractivity contribution in [3.05, 3.63) is 58.4 Å². The maximum Gasteiger partial charge on any atom is 0.339 e. The molecule has 0 saturated carbocycles. The van der Waals surface area contributed by atoms with Gasteiger partial charge in [0.15, 0.2) is 11.6 Å². The van der Waals surface area contributed by atoms with Crippen molar-refractivity contribution in [1.29, 1.82) is 0 Å². The standard InChI is InChI=1S/C15H12ClFO4/c1-20-13-7-9(5-6-10(13)15(18)19)8-21-12-4-2-3-11(16)14(12)17/h2-7H,8H2,1H3,(H,18,19).